The molecule has 0 aliphatic heterocycles. The Morgan fingerprint density at radius 3 is 2.81 bits per heavy atom. The highest BCUT2D eigenvalue weighted by Crippen LogP contribution is 2.42. The van der Waals surface area contributed by atoms with Crippen LogP contribution in [0.4, 0.5) is 13.2 Å². The van der Waals surface area contributed by atoms with E-state index in [1.807, 2.05) is 13.0 Å². The summed E-state index contributed by atoms with van der Waals surface area (Å²) in [6.45, 7) is 2.03. The van der Waals surface area contributed by atoms with Crippen LogP contribution in [0.25, 0.3) is 22.6 Å². The van der Waals surface area contributed by atoms with Crippen molar-refractivity contribution < 1.29 is 18.3 Å². The molecule has 2 aromatic carbocycles. The number of alkyl halides is 3. The van der Waals surface area contributed by atoms with Crippen LogP contribution in [0.5, 0.6) is 5.88 Å². The first-order valence-corrected chi connectivity index (χ1v) is 11.8. The first-order valence-electron chi connectivity index (χ1n) is 9.61. The Hall–Kier alpha value is -2.49. The summed E-state index contributed by atoms with van der Waals surface area (Å²) in [6, 6.07) is 9.02. The maximum Gasteiger partial charge on any atom is 0.417 e. The fourth-order valence-electron chi connectivity index (χ4n) is 3.17. The van der Waals surface area contributed by atoms with Crippen molar-refractivity contribution >= 4 is 57.3 Å². The monoisotopic (exact) mass is 495 g/mol. The van der Waals surface area contributed by atoms with E-state index in [0.29, 0.717) is 20.4 Å². The van der Waals surface area contributed by atoms with E-state index in [2.05, 4.69) is 15.2 Å². The Kier molecular flexibility index (Phi) is 6.50. The van der Waals surface area contributed by atoms with Gasteiger partial charge in [0.2, 0.25) is 5.88 Å². The molecule has 0 atom stereocenters. The number of hydrogen-bond donors (Lipinski definition) is 2. The average molecular weight is 496 g/mol. The number of thioether (sulfide) groups is 1. The lowest BCUT2D eigenvalue weighted by molar-refractivity contribution is -0.137. The summed E-state index contributed by atoms with van der Waals surface area (Å²) < 4.78 is 41.8. The summed E-state index contributed by atoms with van der Waals surface area (Å²) in [6.07, 6.45) is -0.606. The Morgan fingerprint density at radius 1 is 1.25 bits per heavy atom. The summed E-state index contributed by atoms with van der Waals surface area (Å²) in [5.41, 5.74) is 0.951. The fourth-order valence-corrected chi connectivity index (χ4v) is 5.33. The largest absolute Gasteiger partial charge is 0.492 e. The predicted molar refractivity (Wildman–Crippen MR) is 124 cm³/mol. The van der Waals surface area contributed by atoms with Crippen LogP contribution in [0, 0.1) is 0 Å². The third-order valence-corrected chi connectivity index (χ3v) is 7.30. The van der Waals surface area contributed by atoms with Crippen LogP contribution in [0.3, 0.4) is 0 Å². The molecule has 32 heavy (non-hydrogen) atoms. The van der Waals surface area contributed by atoms with Crippen LogP contribution in [0.2, 0.25) is 5.02 Å². The highest BCUT2D eigenvalue weighted by molar-refractivity contribution is 8.01. The van der Waals surface area contributed by atoms with E-state index < -0.39 is 11.7 Å². The van der Waals surface area contributed by atoms with Crippen LogP contribution >= 0.6 is 34.7 Å². The molecule has 0 amide bonds. The van der Waals surface area contributed by atoms with Crippen molar-refractivity contribution in [3.8, 4) is 5.88 Å². The Morgan fingerprint density at radius 2 is 2.06 bits per heavy atom. The summed E-state index contributed by atoms with van der Waals surface area (Å²) in [4.78, 5) is 4.61. The number of halogens is 4. The molecule has 0 unspecified atom stereocenters. The van der Waals surface area contributed by atoms with Crippen LogP contribution < -0.4 is 0 Å². The molecule has 0 fully saturated rings. The van der Waals surface area contributed by atoms with Crippen molar-refractivity contribution in [2.45, 2.75) is 23.9 Å². The van der Waals surface area contributed by atoms with Gasteiger partial charge in [-0.25, -0.2) is 0 Å². The van der Waals surface area contributed by atoms with Crippen LogP contribution in [-0.2, 0) is 6.18 Å². The number of thiazole rings is 1. The molecule has 2 heterocycles. The fraction of sp³-hybridized carbons (Fsp3) is 0.182. The first-order chi connectivity index (χ1) is 15.3. The Balaban J connectivity index is 1.92. The van der Waals surface area contributed by atoms with Gasteiger partial charge in [0.25, 0.3) is 0 Å². The standard InChI is InChI=1S/C22H17ClF3N3OS2/c1-2-7-31-21-28-20(30)19(32-21)16(12-4-6-18-14(8-12)11-27-29-18)9-13-3-5-15(23)10-17(13)22(24,25)26/h3-6,8-11,30H,2,7H2,1H3,(H,27,29). The number of H-pyrrole nitrogens is 1. The third-order valence-electron chi connectivity index (χ3n) is 4.64. The first kappa shape index (κ1) is 22.7. The summed E-state index contributed by atoms with van der Waals surface area (Å²) in [7, 11) is 0. The van der Waals surface area contributed by atoms with Crippen molar-refractivity contribution in [2.75, 3.05) is 5.75 Å². The minimum absolute atomic E-state index is 0.00488. The molecule has 0 spiro atoms. The average Bonchev–Trinajstić information content (AvgIpc) is 3.36. The molecular weight excluding hydrogens is 479 g/mol. The van der Waals surface area contributed by atoms with Crippen LogP contribution in [0.15, 0.2) is 46.9 Å². The minimum atomic E-state index is -4.59. The number of fused-ring (bicyclic) bond motifs is 1. The van der Waals surface area contributed by atoms with Crippen molar-refractivity contribution in [1.82, 2.24) is 15.2 Å². The molecule has 2 N–H and O–H groups in total. The number of aromatic hydroxyl groups is 1. The van der Waals surface area contributed by atoms with Gasteiger partial charge in [-0.3, -0.25) is 5.10 Å². The SMILES string of the molecule is CCCSc1nc(O)c(C(=Cc2ccc(Cl)cc2C(F)(F)F)c2ccc3[nH]ncc3c2)s1. The van der Waals surface area contributed by atoms with E-state index in [4.69, 9.17) is 11.6 Å². The number of nitrogens with zero attached hydrogens (tertiary/aromatic N) is 2. The maximum atomic E-state index is 13.7. The highest BCUT2D eigenvalue weighted by Gasteiger charge is 2.33. The molecule has 0 bridgehead atoms. The van der Waals surface area contributed by atoms with Crippen LogP contribution in [0.1, 0.15) is 34.9 Å². The molecule has 0 aliphatic rings. The molecule has 166 valence electrons. The molecule has 4 rings (SSSR count). The topological polar surface area (TPSA) is 61.8 Å². The summed E-state index contributed by atoms with van der Waals surface area (Å²) >= 11 is 8.59. The molecule has 0 radical (unpaired) electrons. The van der Waals surface area contributed by atoms with Gasteiger partial charge in [-0.1, -0.05) is 42.4 Å². The van der Waals surface area contributed by atoms with Gasteiger partial charge in [0.05, 0.1) is 22.2 Å². The highest BCUT2D eigenvalue weighted by atomic mass is 35.5. The smallest absolute Gasteiger partial charge is 0.417 e. The van der Waals surface area contributed by atoms with E-state index in [9.17, 15) is 18.3 Å². The second-order valence-electron chi connectivity index (χ2n) is 6.94. The van der Waals surface area contributed by atoms with Crippen LogP contribution in [-0.4, -0.2) is 26.0 Å². The lowest BCUT2D eigenvalue weighted by atomic mass is 9.98. The van der Waals surface area contributed by atoms with Crippen molar-refractivity contribution in [2.24, 2.45) is 0 Å². The second-order valence-corrected chi connectivity index (χ2v) is 9.72. The molecule has 0 saturated carbocycles. The van der Waals surface area contributed by atoms with Gasteiger partial charge in [0.1, 0.15) is 0 Å². The van der Waals surface area contributed by atoms with E-state index in [0.717, 1.165) is 29.1 Å². The minimum Gasteiger partial charge on any atom is -0.492 e. The van der Waals surface area contributed by atoms with Gasteiger partial charge in [-0.05, 0) is 47.9 Å². The number of aromatic nitrogens is 3. The number of hydrogen-bond acceptors (Lipinski definition) is 5. The zero-order valence-corrected chi connectivity index (χ0v) is 19.1. The second kappa shape index (κ2) is 9.17. The molecular formula is C22H17ClF3N3OS2. The molecule has 0 aliphatic carbocycles. The quantitative estimate of drug-likeness (QED) is 0.215. The summed E-state index contributed by atoms with van der Waals surface area (Å²) in [5.74, 6) is 0.608. The Labute approximate surface area is 195 Å². The lowest BCUT2D eigenvalue weighted by Crippen LogP contribution is -2.07. The maximum absolute atomic E-state index is 13.7. The molecule has 2 aromatic heterocycles. The van der Waals surface area contributed by atoms with Gasteiger partial charge in [0.15, 0.2) is 4.34 Å². The van der Waals surface area contributed by atoms with Crippen molar-refractivity contribution in [3.05, 3.63) is 69.2 Å². The third kappa shape index (κ3) is 4.79. The molecule has 10 heteroatoms. The normalized spacial score (nSPS) is 12.6. The number of nitrogens with one attached hydrogen (secondary N) is 1. The van der Waals surface area contributed by atoms with Gasteiger partial charge in [0, 0.05) is 21.7 Å². The molecule has 4 nitrogen and oxygen atoms in total. The van der Waals surface area contributed by atoms with Crippen molar-refractivity contribution in [3.63, 3.8) is 0 Å². The van der Waals surface area contributed by atoms with Crippen molar-refractivity contribution in [1.29, 1.82) is 0 Å². The van der Waals surface area contributed by atoms with Gasteiger partial charge < -0.3 is 5.11 Å². The molecule has 0 saturated heterocycles. The van der Waals surface area contributed by atoms with Gasteiger partial charge in [-0.15, -0.1) is 11.3 Å². The summed E-state index contributed by atoms with van der Waals surface area (Å²) in [5, 5.41) is 18.2. The van der Waals surface area contributed by atoms with E-state index in [1.54, 1.807) is 18.3 Å². The number of rotatable bonds is 6. The zero-order valence-electron chi connectivity index (χ0n) is 16.7. The molecule has 4 aromatic rings. The predicted octanol–water partition coefficient (Wildman–Crippen LogP) is 7.49. The number of benzene rings is 2. The van der Waals surface area contributed by atoms with Gasteiger partial charge in [-0.2, -0.15) is 23.3 Å². The van der Waals surface area contributed by atoms with Gasteiger partial charge >= 0.3 is 6.18 Å². The number of aromatic amines is 1. The Bertz CT molecular complexity index is 1300. The van der Waals surface area contributed by atoms with E-state index in [1.165, 1.54) is 41.3 Å². The zero-order chi connectivity index (χ0) is 22.9. The van der Waals surface area contributed by atoms with E-state index >= 15 is 0 Å². The van der Waals surface area contributed by atoms with E-state index in [-0.39, 0.29) is 16.5 Å². The lowest BCUT2D eigenvalue weighted by Gasteiger charge is -2.13.